The predicted octanol–water partition coefficient (Wildman–Crippen LogP) is 1.64. The van der Waals surface area contributed by atoms with Gasteiger partial charge in [-0.1, -0.05) is 6.92 Å². The minimum absolute atomic E-state index is 0.351. The van der Waals surface area contributed by atoms with Gasteiger partial charge in [-0.3, -0.25) is 0 Å². The van der Waals surface area contributed by atoms with Crippen LogP contribution in [-0.2, 0) is 0 Å². The zero-order chi connectivity index (χ0) is 9.73. The number of hydrogen-bond acceptors (Lipinski definition) is 1. The van der Waals surface area contributed by atoms with E-state index in [2.05, 4.69) is 13.8 Å². The normalized spacial score (nSPS) is 34.8. The van der Waals surface area contributed by atoms with E-state index >= 15 is 0 Å². The summed E-state index contributed by atoms with van der Waals surface area (Å²) in [6.07, 6.45) is 4.07. The van der Waals surface area contributed by atoms with Crippen molar-refractivity contribution in [3.63, 3.8) is 0 Å². The van der Waals surface area contributed by atoms with Gasteiger partial charge in [0.1, 0.15) is 6.54 Å². The number of likely N-dealkylation sites (tertiary alicyclic amines) is 1. The fraction of sp³-hybridized carbons (Fsp3) is 1.00. The molecule has 1 N–H and O–H groups in total. The van der Waals surface area contributed by atoms with Gasteiger partial charge >= 0.3 is 0 Å². The van der Waals surface area contributed by atoms with Crippen LogP contribution < -0.4 is 0 Å². The van der Waals surface area contributed by atoms with Crippen molar-refractivity contribution in [2.45, 2.75) is 33.1 Å². The van der Waals surface area contributed by atoms with Gasteiger partial charge in [-0.25, -0.2) is 0 Å². The number of rotatable bonds is 4. The fourth-order valence-electron chi connectivity index (χ4n) is 2.64. The van der Waals surface area contributed by atoms with Gasteiger partial charge in [0, 0.05) is 5.92 Å². The van der Waals surface area contributed by atoms with Crippen LogP contribution in [0.2, 0.25) is 0 Å². The number of piperidine rings is 1. The number of aliphatic hydroxyl groups excluding tert-OH is 1. The highest BCUT2D eigenvalue weighted by atomic mass is 16.3. The molecule has 0 aromatic heterocycles. The van der Waals surface area contributed by atoms with Crippen LogP contribution in [0.4, 0.5) is 0 Å². The Morgan fingerprint density at radius 3 is 2.69 bits per heavy atom. The molecule has 0 spiro atoms. The Kier molecular flexibility index (Phi) is 4.20. The Morgan fingerprint density at radius 2 is 2.15 bits per heavy atom. The van der Waals surface area contributed by atoms with E-state index in [1.807, 2.05) is 0 Å². The summed E-state index contributed by atoms with van der Waals surface area (Å²) in [5, 5.41) is 9.06. The Balaban J connectivity index is 2.53. The first-order valence-electron chi connectivity index (χ1n) is 5.72. The molecular weight excluding hydrogens is 162 g/mol. The van der Waals surface area contributed by atoms with E-state index in [1.54, 1.807) is 0 Å². The molecule has 78 valence electrons. The van der Waals surface area contributed by atoms with Crippen LogP contribution in [0.3, 0.4) is 0 Å². The van der Waals surface area contributed by atoms with Crippen LogP contribution in [0.15, 0.2) is 0 Å². The molecule has 2 unspecified atom stereocenters. The zero-order valence-electron chi connectivity index (χ0n) is 9.13. The lowest BCUT2D eigenvalue weighted by atomic mass is 9.93. The number of hydrogen-bond donors (Lipinski definition) is 1. The summed E-state index contributed by atoms with van der Waals surface area (Å²) in [5.41, 5.74) is 0. The van der Waals surface area contributed by atoms with Crippen molar-refractivity contribution >= 4 is 0 Å². The Hall–Kier alpha value is -0.0800. The minimum Gasteiger partial charge on any atom is -0.391 e. The van der Waals surface area contributed by atoms with E-state index in [-0.39, 0.29) is 0 Å². The maximum absolute atomic E-state index is 9.06. The van der Waals surface area contributed by atoms with Gasteiger partial charge in [0.05, 0.1) is 26.2 Å². The van der Waals surface area contributed by atoms with Gasteiger partial charge < -0.3 is 9.59 Å². The van der Waals surface area contributed by atoms with E-state index in [0.717, 1.165) is 16.9 Å². The summed E-state index contributed by atoms with van der Waals surface area (Å²) in [4.78, 5) is 0. The largest absolute Gasteiger partial charge is 0.391 e. The molecule has 1 fully saturated rings. The third-order valence-corrected chi connectivity index (χ3v) is 3.71. The van der Waals surface area contributed by atoms with E-state index < -0.39 is 0 Å². The first-order chi connectivity index (χ1) is 6.26. The molecule has 1 aliphatic rings. The Bertz CT molecular complexity index is 145. The second-order valence-corrected chi connectivity index (χ2v) is 4.43. The predicted molar refractivity (Wildman–Crippen MR) is 55.5 cm³/mol. The van der Waals surface area contributed by atoms with Crippen molar-refractivity contribution in [2.24, 2.45) is 5.92 Å². The molecule has 1 aliphatic heterocycles. The first kappa shape index (κ1) is 11.0. The Labute approximate surface area is 82.1 Å². The van der Waals surface area contributed by atoms with Gasteiger partial charge in [-0.15, -0.1) is 0 Å². The highest BCUT2D eigenvalue weighted by molar-refractivity contribution is 4.63. The monoisotopic (exact) mass is 186 g/mol. The van der Waals surface area contributed by atoms with Gasteiger partial charge in [-0.2, -0.15) is 0 Å². The topological polar surface area (TPSA) is 20.2 Å². The highest BCUT2D eigenvalue weighted by Crippen LogP contribution is 2.25. The second-order valence-electron chi connectivity index (χ2n) is 4.43. The van der Waals surface area contributed by atoms with Crippen molar-refractivity contribution in [1.29, 1.82) is 0 Å². The Morgan fingerprint density at radius 1 is 1.38 bits per heavy atom. The van der Waals surface area contributed by atoms with Crippen LogP contribution in [-0.4, -0.2) is 42.4 Å². The van der Waals surface area contributed by atoms with Crippen LogP contribution in [0.1, 0.15) is 33.1 Å². The van der Waals surface area contributed by atoms with Crippen molar-refractivity contribution in [3.05, 3.63) is 0 Å². The molecule has 1 rings (SSSR count). The van der Waals surface area contributed by atoms with Crippen LogP contribution in [0, 0.1) is 5.92 Å². The molecule has 0 aromatic rings. The lowest BCUT2D eigenvalue weighted by molar-refractivity contribution is -0.934. The molecule has 1 saturated heterocycles. The van der Waals surface area contributed by atoms with Crippen LogP contribution in [0.5, 0.6) is 0 Å². The van der Waals surface area contributed by atoms with E-state index in [9.17, 15) is 0 Å². The third kappa shape index (κ3) is 2.68. The molecule has 0 amide bonds. The minimum atomic E-state index is 0.351. The van der Waals surface area contributed by atoms with Gasteiger partial charge in [0.2, 0.25) is 0 Å². The average molecular weight is 186 g/mol. The smallest absolute Gasteiger partial charge is 0.102 e. The van der Waals surface area contributed by atoms with Gasteiger partial charge in [0.15, 0.2) is 0 Å². The van der Waals surface area contributed by atoms with Crippen molar-refractivity contribution in [1.82, 2.24) is 0 Å². The second kappa shape index (κ2) is 4.97. The van der Waals surface area contributed by atoms with Crippen LogP contribution in [0.25, 0.3) is 0 Å². The zero-order valence-corrected chi connectivity index (χ0v) is 9.13. The summed E-state index contributed by atoms with van der Waals surface area (Å²) in [5.74, 6) is 0.903. The lowest BCUT2D eigenvalue weighted by Gasteiger charge is -2.43. The van der Waals surface area contributed by atoms with Crippen LogP contribution >= 0.6 is 0 Å². The molecule has 0 bridgehead atoms. The van der Waals surface area contributed by atoms with E-state index in [0.29, 0.717) is 6.61 Å². The number of quaternary nitrogens is 1. The molecule has 2 atom stereocenters. The molecule has 0 radical (unpaired) electrons. The number of nitrogens with zero attached hydrogens (tertiary/aromatic N) is 1. The van der Waals surface area contributed by atoms with E-state index in [1.165, 1.54) is 38.9 Å². The quantitative estimate of drug-likeness (QED) is 0.662. The van der Waals surface area contributed by atoms with Gasteiger partial charge in [-0.05, 0) is 26.2 Å². The maximum atomic E-state index is 9.06. The fourth-order valence-corrected chi connectivity index (χ4v) is 2.64. The summed E-state index contributed by atoms with van der Waals surface area (Å²) < 4.78 is 1.16. The van der Waals surface area contributed by atoms with Crippen molar-refractivity contribution in [2.75, 3.05) is 32.8 Å². The highest BCUT2D eigenvalue weighted by Gasteiger charge is 2.31. The third-order valence-electron chi connectivity index (χ3n) is 3.71. The average Bonchev–Trinajstić information content (AvgIpc) is 2.19. The summed E-state index contributed by atoms with van der Waals surface area (Å²) in [6, 6.07) is 0. The molecule has 2 heteroatoms. The molecule has 2 nitrogen and oxygen atoms in total. The van der Waals surface area contributed by atoms with Gasteiger partial charge in [0.25, 0.3) is 0 Å². The maximum Gasteiger partial charge on any atom is 0.102 e. The molecule has 0 aliphatic carbocycles. The molecular formula is C11H24NO+. The SMILES string of the molecule is CCC1CCC[N+](CC)(CCO)C1. The van der Waals surface area contributed by atoms with Crippen molar-refractivity contribution < 1.29 is 9.59 Å². The first-order valence-corrected chi connectivity index (χ1v) is 5.72. The van der Waals surface area contributed by atoms with Crippen molar-refractivity contribution in [3.8, 4) is 0 Å². The number of likely N-dealkylation sites (N-methyl/N-ethyl adjacent to an activating group) is 1. The molecule has 0 aromatic carbocycles. The summed E-state index contributed by atoms with van der Waals surface area (Å²) in [6.45, 7) is 9.64. The summed E-state index contributed by atoms with van der Waals surface area (Å²) in [7, 11) is 0. The summed E-state index contributed by atoms with van der Waals surface area (Å²) >= 11 is 0. The number of aliphatic hydroxyl groups is 1. The lowest BCUT2D eigenvalue weighted by Crippen LogP contribution is -2.55. The molecule has 13 heavy (non-hydrogen) atoms. The molecule has 0 saturated carbocycles. The standard InChI is InChI=1S/C11H24NO/c1-3-11-6-5-7-12(4-2,10-11)8-9-13/h11,13H,3-10H2,1-2H3/q+1. The molecule has 1 heterocycles. The van der Waals surface area contributed by atoms with E-state index in [4.69, 9.17) is 5.11 Å².